The molecule has 0 aliphatic rings. The van der Waals surface area contributed by atoms with Crippen molar-refractivity contribution in [2.45, 2.75) is 0 Å². The van der Waals surface area contributed by atoms with Gasteiger partial charge in [0, 0.05) is 11.2 Å². The molecule has 23 heavy (non-hydrogen) atoms. The second kappa shape index (κ2) is 5.53. The van der Waals surface area contributed by atoms with Crippen LogP contribution in [0.2, 0.25) is 5.02 Å². The predicted molar refractivity (Wildman–Crippen MR) is 91.0 cm³/mol. The van der Waals surface area contributed by atoms with Gasteiger partial charge in [-0.2, -0.15) is 5.10 Å². The van der Waals surface area contributed by atoms with E-state index in [-0.39, 0.29) is 5.91 Å². The lowest BCUT2D eigenvalue weighted by Gasteiger charge is -1.98. The second-order valence-corrected chi connectivity index (χ2v) is 6.36. The number of aromatic nitrogens is 4. The van der Waals surface area contributed by atoms with Crippen molar-refractivity contribution in [3.63, 3.8) is 0 Å². The lowest BCUT2D eigenvalue weighted by Crippen LogP contribution is -2.11. The first-order chi connectivity index (χ1) is 11.2. The van der Waals surface area contributed by atoms with Gasteiger partial charge in [0.25, 0.3) is 5.91 Å². The third kappa shape index (κ3) is 2.71. The summed E-state index contributed by atoms with van der Waals surface area (Å²) in [6.45, 7) is 0. The van der Waals surface area contributed by atoms with E-state index in [4.69, 9.17) is 11.6 Å². The number of anilines is 1. The molecule has 0 aliphatic carbocycles. The maximum absolute atomic E-state index is 12.3. The number of imidazole rings is 1. The van der Waals surface area contributed by atoms with Crippen LogP contribution in [0, 0.1) is 0 Å². The Balaban J connectivity index is 1.57. The quantitative estimate of drug-likeness (QED) is 0.527. The van der Waals surface area contributed by atoms with Gasteiger partial charge in [-0.3, -0.25) is 15.2 Å². The fourth-order valence-corrected chi connectivity index (χ4v) is 3.26. The van der Waals surface area contributed by atoms with Crippen molar-refractivity contribution in [1.82, 2.24) is 20.2 Å². The number of carbonyl (C=O) groups is 1. The van der Waals surface area contributed by atoms with Crippen LogP contribution in [0.5, 0.6) is 0 Å². The Bertz CT molecular complexity index is 989. The Morgan fingerprint density at radius 1 is 1.22 bits per heavy atom. The van der Waals surface area contributed by atoms with E-state index in [1.54, 1.807) is 30.5 Å². The van der Waals surface area contributed by atoms with Crippen molar-refractivity contribution in [2.24, 2.45) is 0 Å². The van der Waals surface area contributed by atoms with Crippen molar-refractivity contribution in [2.75, 3.05) is 5.32 Å². The van der Waals surface area contributed by atoms with Crippen molar-refractivity contribution in [3.8, 4) is 10.6 Å². The molecule has 0 bridgehead atoms. The summed E-state index contributed by atoms with van der Waals surface area (Å²) in [6, 6.07) is 10.8. The van der Waals surface area contributed by atoms with E-state index < -0.39 is 0 Å². The molecule has 1 amide bonds. The van der Waals surface area contributed by atoms with Crippen molar-refractivity contribution < 1.29 is 4.79 Å². The van der Waals surface area contributed by atoms with Crippen LogP contribution in [0.4, 0.5) is 5.95 Å². The number of nitrogens with zero attached hydrogens (tertiary/aromatic N) is 2. The molecule has 3 N–H and O–H groups in total. The minimum Gasteiger partial charge on any atom is -0.324 e. The summed E-state index contributed by atoms with van der Waals surface area (Å²) in [7, 11) is 0. The molecule has 114 valence electrons. The van der Waals surface area contributed by atoms with Crippen LogP contribution in [0.15, 0.2) is 42.6 Å². The normalized spacial score (nSPS) is 11.0. The molecule has 1 aromatic carbocycles. The summed E-state index contributed by atoms with van der Waals surface area (Å²) in [4.78, 5) is 21.2. The number of carbonyl (C=O) groups excluding carboxylic acids is 1. The molecule has 3 heterocycles. The fraction of sp³-hybridized carbons (Fsp3) is 0. The highest BCUT2D eigenvalue weighted by molar-refractivity contribution is 7.17. The molecule has 0 aliphatic heterocycles. The molecule has 0 fully saturated rings. The standard InChI is InChI=1S/C15H10ClN5OS/c16-8-1-2-9-11(7-8)19-15(18-9)20-14(22)13-4-3-12(23-13)10-5-6-17-21-10/h1-7H,(H,17,21)(H2,18,19,20,22). The molecule has 0 unspecified atom stereocenters. The Kier molecular flexibility index (Phi) is 3.36. The zero-order valence-corrected chi connectivity index (χ0v) is 13.2. The highest BCUT2D eigenvalue weighted by Gasteiger charge is 2.13. The topological polar surface area (TPSA) is 86.5 Å². The molecule has 0 radical (unpaired) electrons. The van der Waals surface area contributed by atoms with Gasteiger partial charge in [-0.15, -0.1) is 11.3 Å². The SMILES string of the molecule is O=C(Nc1nc2ccc(Cl)cc2[nH]1)c1ccc(-c2ccn[nH]2)s1. The monoisotopic (exact) mass is 343 g/mol. The summed E-state index contributed by atoms with van der Waals surface area (Å²) in [6.07, 6.45) is 1.67. The van der Waals surface area contributed by atoms with E-state index in [2.05, 4.69) is 25.5 Å². The number of rotatable bonds is 3. The first kappa shape index (κ1) is 14.0. The van der Waals surface area contributed by atoms with Crippen molar-refractivity contribution >= 4 is 45.8 Å². The van der Waals surface area contributed by atoms with E-state index in [0.717, 1.165) is 21.6 Å². The number of amides is 1. The zero-order chi connectivity index (χ0) is 15.8. The van der Waals surface area contributed by atoms with Crippen molar-refractivity contribution in [3.05, 3.63) is 52.5 Å². The smallest absolute Gasteiger partial charge is 0.268 e. The average Bonchev–Trinajstić information content (AvgIpc) is 3.26. The van der Waals surface area contributed by atoms with Crippen LogP contribution in [0.25, 0.3) is 21.6 Å². The molecule has 3 aromatic heterocycles. The number of fused-ring (bicyclic) bond motifs is 1. The molecule has 4 rings (SSSR count). The largest absolute Gasteiger partial charge is 0.324 e. The number of hydrogen-bond acceptors (Lipinski definition) is 4. The number of aromatic amines is 2. The molecule has 8 heteroatoms. The molecular weight excluding hydrogens is 334 g/mol. The highest BCUT2D eigenvalue weighted by Crippen LogP contribution is 2.27. The minimum absolute atomic E-state index is 0.217. The first-order valence-electron chi connectivity index (χ1n) is 6.75. The molecule has 6 nitrogen and oxygen atoms in total. The fourth-order valence-electron chi connectivity index (χ4n) is 2.21. The van der Waals surface area contributed by atoms with E-state index in [9.17, 15) is 4.79 Å². The summed E-state index contributed by atoms with van der Waals surface area (Å²) in [5, 5.41) is 10.2. The van der Waals surface area contributed by atoms with Gasteiger partial charge in [0.05, 0.1) is 26.5 Å². The Labute approximate surface area is 139 Å². The summed E-state index contributed by atoms with van der Waals surface area (Å²) >= 11 is 7.32. The van der Waals surface area contributed by atoms with E-state index in [1.165, 1.54) is 11.3 Å². The molecule has 0 saturated carbocycles. The van der Waals surface area contributed by atoms with E-state index in [0.29, 0.717) is 15.8 Å². The van der Waals surface area contributed by atoms with Crippen LogP contribution in [0.1, 0.15) is 9.67 Å². The van der Waals surface area contributed by atoms with Gasteiger partial charge in [-0.1, -0.05) is 11.6 Å². The van der Waals surface area contributed by atoms with Gasteiger partial charge in [-0.25, -0.2) is 4.98 Å². The van der Waals surface area contributed by atoms with Crippen LogP contribution >= 0.6 is 22.9 Å². The van der Waals surface area contributed by atoms with Crippen LogP contribution in [-0.4, -0.2) is 26.1 Å². The number of H-pyrrole nitrogens is 2. The third-order valence-corrected chi connectivity index (χ3v) is 4.62. The third-order valence-electron chi connectivity index (χ3n) is 3.27. The second-order valence-electron chi connectivity index (χ2n) is 4.84. The van der Waals surface area contributed by atoms with Gasteiger partial charge in [0.1, 0.15) is 0 Å². The number of nitrogens with one attached hydrogen (secondary N) is 3. The summed E-state index contributed by atoms with van der Waals surface area (Å²) in [5.74, 6) is 0.176. The molecule has 0 atom stereocenters. The summed E-state index contributed by atoms with van der Waals surface area (Å²) in [5.41, 5.74) is 2.40. The Morgan fingerprint density at radius 3 is 2.96 bits per heavy atom. The van der Waals surface area contributed by atoms with Gasteiger partial charge >= 0.3 is 0 Å². The van der Waals surface area contributed by atoms with Crippen molar-refractivity contribution in [1.29, 1.82) is 0 Å². The average molecular weight is 344 g/mol. The minimum atomic E-state index is -0.217. The van der Waals surface area contributed by atoms with E-state index >= 15 is 0 Å². The number of halogens is 1. The zero-order valence-electron chi connectivity index (χ0n) is 11.6. The van der Waals surface area contributed by atoms with Crippen LogP contribution < -0.4 is 5.32 Å². The van der Waals surface area contributed by atoms with Gasteiger partial charge in [0.15, 0.2) is 0 Å². The van der Waals surface area contributed by atoms with Crippen LogP contribution in [0.3, 0.4) is 0 Å². The summed E-state index contributed by atoms with van der Waals surface area (Å²) < 4.78 is 0. The first-order valence-corrected chi connectivity index (χ1v) is 7.95. The Morgan fingerprint density at radius 2 is 2.13 bits per heavy atom. The molecule has 0 saturated heterocycles. The molecule has 4 aromatic rings. The highest BCUT2D eigenvalue weighted by atomic mass is 35.5. The molecular formula is C15H10ClN5OS. The lowest BCUT2D eigenvalue weighted by atomic mass is 10.3. The van der Waals surface area contributed by atoms with Crippen LogP contribution in [-0.2, 0) is 0 Å². The van der Waals surface area contributed by atoms with Gasteiger partial charge < -0.3 is 4.98 Å². The Hall–Kier alpha value is -2.64. The van der Waals surface area contributed by atoms with Gasteiger partial charge in [-0.05, 0) is 36.4 Å². The lowest BCUT2D eigenvalue weighted by molar-refractivity contribution is 0.103. The number of hydrogen-bond donors (Lipinski definition) is 3. The predicted octanol–water partition coefficient (Wildman–Crippen LogP) is 3.92. The maximum Gasteiger partial charge on any atom is 0.268 e. The van der Waals surface area contributed by atoms with Gasteiger partial charge in [0.2, 0.25) is 5.95 Å². The number of benzene rings is 1. The number of thiophene rings is 1. The molecule has 0 spiro atoms. The van der Waals surface area contributed by atoms with E-state index in [1.807, 2.05) is 12.1 Å². The maximum atomic E-state index is 12.3.